The Labute approximate surface area is 465 Å². The Morgan fingerprint density at radius 3 is 0.595 bits per heavy atom. The molecule has 0 aliphatic heterocycles. The zero-order chi connectivity index (χ0) is 53.4. The van der Waals surface area contributed by atoms with Crippen molar-refractivity contribution in [3.05, 3.63) is 0 Å². The van der Waals surface area contributed by atoms with E-state index in [-0.39, 0.29) is 25.2 Å². The average molecular weight is 1050 g/mol. The summed E-state index contributed by atoms with van der Waals surface area (Å²) >= 11 is 0. The van der Waals surface area contributed by atoms with Crippen molar-refractivity contribution >= 4 is 11.9 Å². The van der Waals surface area contributed by atoms with Crippen LogP contribution in [0.15, 0.2) is 0 Å². The number of carbonyl (C=O) groups excluding carboxylic acids is 2. The minimum Gasteiger partial charge on any atom is -0.462 e. The fourth-order valence-corrected chi connectivity index (χ4v) is 11.2. The molecule has 0 heterocycles. The minimum atomic E-state index is -0.765. The summed E-state index contributed by atoms with van der Waals surface area (Å²) in [5, 5.41) is 9.69. The standard InChI is InChI=1S/C69H136O5/c1-3-5-7-9-11-13-15-17-19-21-23-25-27-29-30-31-32-33-34-35-36-37-38-39-40-42-44-46-48-50-52-54-56-58-60-62-64-69(72)74-67(65-70)66-73-68(71)63-61-59-57-55-53-51-49-47-45-43-41-28-26-24-22-20-18-16-14-12-10-8-6-4-2/h67,70H,3-66H2,1-2H3. The fourth-order valence-electron chi connectivity index (χ4n) is 11.2. The van der Waals surface area contributed by atoms with Crippen LogP contribution in [0.4, 0.5) is 0 Å². The molecular formula is C69H136O5. The molecule has 0 saturated carbocycles. The van der Waals surface area contributed by atoms with Crippen LogP contribution in [0, 0.1) is 0 Å². The molecule has 1 N–H and O–H groups in total. The van der Waals surface area contributed by atoms with Crippen molar-refractivity contribution in [2.45, 2.75) is 418 Å². The number of aliphatic hydroxyl groups is 1. The Hall–Kier alpha value is -1.10. The molecule has 0 aromatic heterocycles. The Balaban J connectivity index is 3.34. The summed E-state index contributed by atoms with van der Waals surface area (Å²) in [6, 6.07) is 0. The Bertz CT molecular complexity index is 1050. The van der Waals surface area contributed by atoms with E-state index in [1.54, 1.807) is 0 Å². The summed E-state index contributed by atoms with van der Waals surface area (Å²) in [6.07, 6.45) is 82.9. The first-order chi connectivity index (χ1) is 36.6. The Kier molecular flexibility index (Phi) is 65.2. The van der Waals surface area contributed by atoms with Gasteiger partial charge in [0.25, 0.3) is 0 Å². The first-order valence-corrected chi connectivity index (χ1v) is 34.6. The van der Waals surface area contributed by atoms with Gasteiger partial charge in [-0.1, -0.05) is 386 Å². The predicted octanol–water partition coefficient (Wildman–Crippen LogP) is 23.7. The summed E-state index contributed by atoms with van der Waals surface area (Å²) in [4.78, 5) is 24.6. The largest absolute Gasteiger partial charge is 0.462 e. The quantitative estimate of drug-likeness (QED) is 0.0485. The normalized spacial score (nSPS) is 12.0. The monoisotopic (exact) mass is 1050 g/mol. The van der Waals surface area contributed by atoms with Crippen LogP contribution in [-0.4, -0.2) is 36.4 Å². The van der Waals surface area contributed by atoms with E-state index < -0.39 is 6.10 Å². The Morgan fingerprint density at radius 2 is 0.419 bits per heavy atom. The second-order valence-electron chi connectivity index (χ2n) is 24.0. The van der Waals surface area contributed by atoms with Crippen molar-refractivity contribution < 1.29 is 24.2 Å². The average Bonchev–Trinajstić information content (AvgIpc) is 3.40. The van der Waals surface area contributed by atoms with Gasteiger partial charge < -0.3 is 14.6 Å². The van der Waals surface area contributed by atoms with E-state index in [0.29, 0.717) is 12.8 Å². The molecule has 5 heteroatoms. The highest BCUT2D eigenvalue weighted by Crippen LogP contribution is 2.20. The van der Waals surface area contributed by atoms with Gasteiger partial charge in [0.15, 0.2) is 6.10 Å². The van der Waals surface area contributed by atoms with Gasteiger partial charge in [0.05, 0.1) is 6.61 Å². The molecule has 0 radical (unpaired) electrons. The number of esters is 2. The third-order valence-electron chi connectivity index (χ3n) is 16.4. The highest BCUT2D eigenvalue weighted by molar-refractivity contribution is 5.70. The van der Waals surface area contributed by atoms with Gasteiger partial charge in [0.2, 0.25) is 0 Å². The van der Waals surface area contributed by atoms with Crippen molar-refractivity contribution in [3.63, 3.8) is 0 Å². The lowest BCUT2D eigenvalue weighted by atomic mass is 10.0. The SMILES string of the molecule is CCCCCCCCCCCCCCCCCCCCCCCCCCCCCCCCCCCCCCC(=O)OC(CO)COC(=O)CCCCCCCCCCCCCCCCCCCCCCCCCC. The molecule has 0 rings (SSSR count). The van der Waals surface area contributed by atoms with E-state index in [9.17, 15) is 14.7 Å². The van der Waals surface area contributed by atoms with Crippen LogP contribution >= 0.6 is 0 Å². The van der Waals surface area contributed by atoms with E-state index >= 15 is 0 Å². The molecule has 0 saturated heterocycles. The summed E-state index contributed by atoms with van der Waals surface area (Å²) in [5.41, 5.74) is 0. The van der Waals surface area contributed by atoms with Gasteiger partial charge in [-0.05, 0) is 12.8 Å². The third kappa shape index (κ3) is 63.4. The molecule has 5 nitrogen and oxygen atoms in total. The van der Waals surface area contributed by atoms with Crippen LogP contribution in [0.1, 0.15) is 412 Å². The van der Waals surface area contributed by atoms with E-state index in [0.717, 1.165) is 32.1 Å². The lowest BCUT2D eigenvalue weighted by Gasteiger charge is -2.15. The van der Waals surface area contributed by atoms with E-state index in [2.05, 4.69) is 13.8 Å². The molecule has 0 aliphatic rings. The number of hydrogen-bond donors (Lipinski definition) is 1. The first-order valence-electron chi connectivity index (χ1n) is 34.6. The minimum absolute atomic E-state index is 0.0554. The Morgan fingerprint density at radius 1 is 0.257 bits per heavy atom. The maximum absolute atomic E-state index is 12.4. The zero-order valence-corrected chi connectivity index (χ0v) is 50.9. The van der Waals surface area contributed by atoms with Crippen LogP contribution in [0.5, 0.6) is 0 Å². The van der Waals surface area contributed by atoms with Crippen LogP contribution in [-0.2, 0) is 19.1 Å². The van der Waals surface area contributed by atoms with Crippen LogP contribution in [0.3, 0.4) is 0 Å². The van der Waals surface area contributed by atoms with Gasteiger partial charge in [0, 0.05) is 12.8 Å². The van der Waals surface area contributed by atoms with Crippen molar-refractivity contribution in [3.8, 4) is 0 Å². The van der Waals surface area contributed by atoms with Crippen molar-refractivity contribution in [2.75, 3.05) is 13.2 Å². The number of carbonyl (C=O) groups is 2. The molecule has 0 aromatic carbocycles. The van der Waals surface area contributed by atoms with Crippen LogP contribution in [0.25, 0.3) is 0 Å². The lowest BCUT2D eigenvalue weighted by molar-refractivity contribution is -0.161. The molecule has 0 bridgehead atoms. The molecule has 0 aliphatic carbocycles. The number of aliphatic hydroxyl groups excluding tert-OH is 1. The molecule has 0 spiro atoms. The van der Waals surface area contributed by atoms with Crippen molar-refractivity contribution in [2.24, 2.45) is 0 Å². The van der Waals surface area contributed by atoms with Crippen LogP contribution in [0.2, 0.25) is 0 Å². The molecule has 0 fully saturated rings. The van der Waals surface area contributed by atoms with Gasteiger partial charge in [0.1, 0.15) is 6.61 Å². The molecule has 0 aromatic rings. The van der Waals surface area contributed by atoms with Crippen LogP contribution < -0.4 is 0 Å². The topological polar surface area (TPSA) is 72.8 Å². The molecule has 74 heavy (non-hydrogen) atoms. The number of unbranched alkanes of at least 4 members (excludes halogenated alkanes) is 58. The van der Waals surface area contributed by atoms with Crippen molar-refractivity contribution in [1.82, 2.24) is 0 Å². The second-order valence-corrected chi connectivity index (χ2v) is 24.0. The second kappa shape index (κ2) is 66.2. The third-order valence-corrected chi connectivity index (χ3v) is 16.4. The van der Waals surface area contributed by atoms with Gasteiger partial charge in [-0.2, -0.15) is 0 Å². The number of hydrogen-bond acceptors (Lipinski definition) is 5. The lowest BCUT2D eigenvalue weighted by Crippen LogP contribution is -2.28. The highest BCUT2D eigenvalue weighted by Gasteiger charge is 2.16. The van der Waals surface area contributed by atoms with Crippen molar-refractivity contribution in [1.29, 1.82) is 0 Å². The highest BCUT2D eigenvalue weighted by atomic mass is 16.6. The number of ether oxygens (including phenoxy) is 2. The number of rotatable bonds is 66. The van der Waals surface area contributed by atoms with Gasteiger partial charge in [-0.3, -0.25) is 9.59 Å². The first kappa shape index (κ1) is 72.9. The molecule has 1 atom stereocenters. The van der Waals surface area contributed by atoms with E-state index in [1.165, 1.54) is 353 Å². The summed E-state index contributed by atoms with van der Waals surface area (Å²) in [6.45, 7) is 4.22. The summed E-state index contributed by atoms with van der Waals surface area (Å²) < 4.78 is 10.8. The molecule has 1 unspecified atom stereocenters. The maximum Gasteiger partial charge on any atom is 0.306 e. The van der Waals surface area contributed by atoms with Gasteiger partial charge in [-0.25, -0.2) is 0 Å². The maximum atomic E-state index is 12.4. The molecular weight excluding hydrogens is 909 g/mol. The fraction of sp³-hybridized carbons (Fsp3) is 0.971. The van der Waals surface area contributed by atoms with E-state index in [4.69, 9.17) is 9.47 Å². The summed E-state index contributed by atoms with van der Waals surface area (Å²) in [7, 11) is 0. The van der Waals surface area contributed by atoms with Gasteiger partial charge in [-0.15, -0.1) is 0 Å². The van der Waals surface area contributed by atoms with E-state index in [1.807, 2.05) is 0 Å². The molecule has 442 valence electrons. The van der Waals surface area contributed by atoms with Gasteiger partial charge >= 0.3 is 11.9 Å². The summed E-state index contributed by atoms with van der Waals surface area (Å²) in [5.74, 6) is -0.559. The molecule has 0 amide bonds. The smallest absolute Gasteiger partial charge is 0.306 e. The zero-order valence-electron chi connectivity index (χ0n) is 50.9. The predicted molar refractivity (Wildman–Crippen MR) is 326 cm³/mol.